The first kappa shape index (κ1) is 10.7. The maximum Gasteiger partial charge on any atom is 1.00 e. The second kappa shape index (κ2) is 6.76. The van der Waals surface area contributed by atoms with Crippen LogP contribution in [0.3, 0.4) is 0 Å². The molecular weight excluding hydrogens is 119 g/mol. The Labute approximate surface area is 70.6 Å². The van der Waals surface area contributed by atoms with Crippen LogP contribution in [0.5, 0.6) is 0 Å². The summed E-state index contributed by atoms with van der Waals surface area (Å²) < 4.78 is 4.02. The van der Waals surface area contributed by atoms with Crippen molar-refractivity contribution >= 4 is 6.09 Å². The normalized spacial score (nSPS) is 5.50. The van der Waals surface area contributed by atoms with E-state index in [1.807, 2.05) is 0 Å². The molecule has 0 heterocycles. The third-order valence-electron chi connectivity index (χ3n) is 0.343. The zero-order chi connectivity index (χ0) is 5.70. The first-order chi connectivity index (χ1) is 3.31. The summed E-state index contributed by atoms with van der Waals surface area (Å²) in [5.74, 6) is 0. The van der Waals surface area contributed by atoms with Gasteiger partial charge >= 0.3 is 35.7 Å². The zero-order valence-electron chi connectivity index (χ0n) is 5.76. The van der Waals surface area contributed by atoms with Crippen LogP contribution in [0.15, 0.2) is 0 Å². The molecule has 4 nitrogen and oxygen atoms in total. The average molecular weight is 124 g/mol. The first-order valence-electron chi connectivity index (χ1n) is 1.54. The molecule has 0 aliphatic carbocycles. The van der Waals surface area contributed by atoms with E-state index in [1.165, 1.54) is 13.3 Å². The molecule has 0 spiro atoms. The summed E-state index contributed by atoms with van der Waals surface area (Å²) in [6.07, 6.45) is 0.660. The van der Waals surface area contributed by atoms with E-state index in [4.69, 9.17) is 5.26 Å². The van der Waals surface area contributed by atoms with Crippen LogP contribution in [-0.4, -0.2) is 13.2 Å². The maximum atomic E-state index is 9.86. The Hall–Kier alpha value is -0.240. The maximum absolute atomic E-state index is 9.86. The molecule has 1 N–H and O–H groups in total. The Bertz CT molecular complexity index is 113. The monoisotopic (exact) mass is 124 g/mol. The second-order valence-electron chi connectivity index (χ2n) is 0.728. The van der Waals surface area contributed by atoms with E-state index in [9.17, 15) is 4.79 Å². The van der Waals surface area contributed by atoms with E-state index < -0.39 is 6.09 Å². The standard InChI is InChI=1S/C3H4N2O2.Na.H/c1-7-3(6)5-2-4;;/h1H3,(H,5,6);;/q;+1;-1. The Kier molecular flexibility index (Phi) is 9.03. The van der Waals surface area contributed by atoms with Gasteiger partial charge in [0.25, 0.3) is 0 Å². The number of rotatable bonds is 0. The van der Waals surface area contributed by atoms with E-state index in [1.54, 1.807) is 5.32 Å². The van der Waals surface area contributed by atoms with Gasteiger partial charge in [-0.25, -0.2) is 10.1 Å². The number of nitrogens with zero attached hydrogens (tertiary/aromatic N) is 1. The quantitative estimate of drug-likeness (QED) is 0.212. The van der Waals surface area contributed by atoms with Crippen molar-refractivity contribution in [3.05, 3.63) is 0 Å². The number of hydrogen-bond donors (Lipinski definition) is 1. The number of nitrogens with one attached hydrogen (secondary N) is 1. The Balaban J connectivity index is -0.000000180. The van der Waals surface area contributed by atoms with Gasteiger partial charge in [0.2, 0.25) is 0 Å². The smallest absolute Gasteiger partial charge is 1.00 e. The minimum Gasteiger partial charge on any atom is -1.00 e. The van der Waals surface area contributed by atoms with Crippen molar-refractivity contribution in [2.45, 2.75) is 0 Å². The van der Waals surface area contributed by atoms with Crippen molar-refractivity contribution in [2.24, 2.45) is 0 Å². The van der Waals surface area contributed by atoms with Crippen LogP contribution >= 0.6 is 0 Å². The number of amides is 1. The van der Waals surface area contributed by atoms with E-state index >= 15 is 0 Å². The first-order valence-corrected chi connectivity index (χ1v) is 1.54. The van der Waals surface area contributed by atoms with Crippen molar-refractivity contribution in [3.8, 4) is 6.19 Å². The Morgan fingerprint density at radius 3 is 2.62 bits per heavy atom. The molecule has 0 aromatic heterocycles. The second-order valence-corrected chi connectivity index (χ2v) is 0.728. The summed E-state index contributed by atoms with van der Waals surface area (Å²) in [7, 11) is 1.19. The molecular formula is C3H5N2NaO2. The molecule has 5 heteroatoms. The van der Waals surface area contributed by atoms with Crippen molar-refractivity contribution in [3.63, 3.8) is 0 Å². The van der Waals surface area contributed by atoms with Crippen molar-refractivity contribution in [2.75, 3.05) is 7.11 Å². The van der Waals surface area contributed by atoms with Crippen molar-refractivity contribution < 1.29 is 40.5 Å². The molecule has 0 aliphatic rings. The predicted octanol–water partition coefficient (Wildman–Crippen LogP) is -3.06. The Morgan fingerprint density at radius 1 is 2.00 bits per heavy atom. The van der Waals surface area contributed by atoms with Crippen LogP contribution in [0.4, 0.5) is 4.79 Å². The molecule has 8 heavy (non-hydrogen) atoms. The fourth-order valence-electron chi connectivity index (χ4n) is 0.0967. The van der Waals surface area contributed by atoms with Crippen LogP contribution in [-0.2, 0) is 4.74 Å². The molecule has 0 bridgehead atoms. The van der Waals surface area contributed by atoms with E-state index in [0.29, 0.717) is 0 Å². The zero-order valence-corrected chi connectivity index (χ0v) is 6.76. The van der Waals surface area contributed by atoms with Crippen LogP contribution in [0.25, 0.3) is 0 Å². The summed E-state index contributed by atoms with van der Waals surface area (Å²) >= 11 is 0. The Morgan fingerprint density at radius 2 is 2.50 bits per heavy atom. The molecule has 0 aromatic carbocycles. The van der Waals surface area contributed by atoms with Crippen molar-refractivity contribution in [1.29, 1.82) is 5.26 Å². The largest absolute Gasteiger partial charge is 1.00 e. The summed E-state index contributed by atoms with van der Waals surface area (Å²) in [4.78, 5) is 9.86. The minimum atomic E-state index is -0.734. The molecule has 0 atom stereocenters. The molecule has 0 aromatic rings. The number of carbonyl (C=O) groups is 1. The molecule has 0 saturated carbocycles. The fourth-order valence-corrected chi connectivity index (χ4v) is 0.0967. The summed E-state index contributed by atoms with van der Waals surface area (Å²) in [6, 6.07) is 0. The van der Waals surface area contributed by atoms with Gasteiger partial charge < -0.3 is 6.16 Å². The van der Waals surface area contributed by atoms with Gasteiger partial charge in [-0.3, -0.25) is 0 Å². The van der Waals surface area contributed by atoms with Gasteiger partial charge in [-0.1, -0.05) is 0 Å². The van der Waals surface area contributed by atoms with E-state index in [-0.39, 0.29) is 31.0 Å². The fraction of sp³-hybridized carbons (Fsp3) is 0.333. The van der Waals surface area contributed by atoms with E-state index in [0.717, 1.165) is 0 Å². The number of ether oxygens (including phenoxy) is 1. The van der Waals surface area contributed by atoms with Gasteiger partial charge in [0.15, 0.2) is 6.19 Å². The topological polar surface area (TPSA) is 62.1 Å². The van der Waals surface area contributed by atoms with Gasteiger partial charge in [0.1, 0.15) is 0 Å². The molecule has 0 aliphatic heterocycles. The predicted molar refractivity (Wildman–Crippen MR) is 22.3 cm³/mol. The number of carbonyl (C=O) groups excluding carboxylic acids is 1. The van der Waals surface area contributed by atoms with E-state index in [2.05, 4.69) is 4.74 Å². The van der Waals surface area contributed by atoms with Crippen LogP contribution in [0, 0.1) is 11.5 Å². The molecule has 40 valence electrons. The summed E-state index contributed by atoms with van der Waals surface area (Å²) in [5.41, 5.74) is 0. The van der Waals surface area contributed by atoms with Gasteiger partial charge in [-0.15, -0.1) is 0 Å². The van der Waals surface area contributed by atoms with Gasteiger partial charge in [0, 0.05) is 0 Å². The number of nitriles is 1. The van der Waals surface area contributed by atoms with Gasteiger partial charge in [-0.05, 0) is 0 Å². The molecule has 1 amide bonds. The molecule has 0 saturated heterocycles. The summed E-state index contributed by atoms with van der Waals surface area (Å²) in [5, 5.41) is 9.45. The third-order valence-corrected chi connectivity index (χ3v) is 0.343. The molecule has 0 rings (SSSR count). The minimum absolute atomic E-state index is 0. The van der Waals surface area contributed by atoms with Crippen LogP contribution in [0.1, 0.15) is 1.43 Å². The average Bonchev–Trinajstić information content (AvgIpc) is 1.68. The molecule has 0 radical (unpaired) electrons. The number of alkyl carbamates (subject to hydrolysis) is 1. The number of hydrogen-bond acceptors (Lipinski definition) is 3. The molecule has 0 unspecified atom stereocenters. The van der Waals surface area contributed by atoms with Crippen molar-refractivity contribution in [1.82, 2.24) is 5.32 Å². The number of methoxy groups -OCH3 is 1. The third kappa shape index (κ3) is 5.76. The van der Waals surface area contributed by atoms with Crippen LogP contribution < -0.4 is 34.9 Å². The SMILES string of the molecule is COC(=O)NC#N.[H-].[Na+]. The van der Waals surface area contributed by atoms with Gasteiger partial charge in [-0.2, -0.15) is 5.26 Å². The van der Waals surface area contributed by atoms with Crippen LogP contribution in [0.2, 0.25) is 0 Å². The molecule has 0 fully saturated rings. The van der Waals surface area contributed by atoms with Gasteiger partial charge in [0.05, 0.1) is 7.11 Å². The summed E-state index contributed by atoms with van der Waals surface area (Å²) in [6.45, 7) is 0.